The maximum absolute atomic E-state index is 12.6. The molecule has 1 aliphatic rings. The van der Waals surface area contributed by atoms with Gasteiger partial charge in [0.1, 0.15) is 0 Å². The number of benzene rings is 1. The molecule has 0 bridgehead atoms. The third-order valence-electron chi connectivity index (χ3n) is 4.32. The number of carbonyl (C=O) groups is 1. The maximum atomic E-state index is 12.6. The average molecular weight is 342 g/mol. The fourth-order valence-electron chi connectivity index (χ4n) is 3.21. The minimum atomic E-state index is 0.0804. The SMILES string of the molecule is C[C@@H]1CN(C(=O)c2ccc(CNCc3cnn(C)c3)cc2)C[C@H](C)O1. The predicted octanol–water partition coefficient (Wildman–Crippen LogP) is 1.96. The molecule has 0 unspecified atom stereocenters. The molecule has 1 fully saturated rings. The Morgan fingerprint density at radius 1 is 1.16 bits per heavy atom. The van der Waals surface area contributed by atoms with E-state index in [2.05, 4.69) is 10.4 Å². The third-order valence-corrected chi connectivity index (χ3v) is 4.32. The van der Waals surface area contributed by atoms with Crippen LogP contribution in [-0.2, 0) is 24.9 Å². The van der Waals surface area contributed by atoms with Crippen LogP contribution < -0.4 is 5.32 Å². The van der Waals surface area contributed by atoms with Crippen molar-refractivity contribution in [2.45, 2.75) is 39.1 Å². The molecule has 2 aromatic rings. The number of carbonyl (C=O) groups excluding carboxylic acids is 1. The molecule has 25 heavy (non-hydrogen) atoms. The molecule has 0 radical (unpaired) electrons. The van der Waals surface area contributed by atoms with Gasteiger partial charge in [-0.15, -0.1) is 0 Å². The van der Waals surface area contributed by atoms with Gasteiger partial charge in [0.25, 0.3) is 5.91 Å². The minimum absolute atomic E-state index is 0.0804. The lowest BCUT2D eigenvalue weighted by Crippen LogP contribution is -2.48. The number of rotatable bonds is 5. The van der Waals surface area contributed by atoms with Gasteiger partial charge in [-0.1, -0.05) is 12.1 Å². The van der Waals surface area contributed by atoms with Crippen LogP contribution in [0.15, 0.2) is 36.7 Å². The Balaban J connectivity index is 1.53. The molecule has 0 aliphatic carbocycles. The molecular formula is C19H26N4O2. The summed E-state index contributed by atoms with van der Waals surface area (Å²) in [5.74, 6) is 0.0804. The fraction of sp³-hybridized carbons (Fsp3) is 0.474. The van der Waals surface area contributed by atoms with E-state index in [-0.39, 0.29) is 18.1 Å². The van der Waals surface area contributed by atoms with Crippen molar-refractivity contribution >= 4 is 5.91 Å². The number of ether oxygens (including phenoxy) is 1. The maximum Gasteiger partial charge on any atom is 0.254 e. The quantitative estimate of drug-likeness (QED) is 0.902. The van der Waals surface area contributed by atoms with E-state index in [0.717, 1.165) is 29.8 Å². The molecule has 1 aliphatic heterocycles. The van der Waals surface area contributed by atoms with E-state index in [0.29, 0.717) is 13.1 Å². The van der Waals surface area contributed by atoms with Crippen LogP contribution in [0.2, 0.25) is 0 Å². The number of aryl methyl sites for hydroxylation is 1. The van der Waals surface area contributed by atoms with Crippen LogP contribution in [0.4, 0.5) is 0 Å². The van der Waals surface area contributed by atoms with E-state index >= 15 is 0 Å². The Bertz CT molecular complexity index is 700. The summed E-state index contributed by atoms with van der Waals surface area (Å²) in [5, 5.41) is 7.54. The summed E-state index contributed by atoms with van der Waals surface area (Å²) in [6, 6.07) is 7.84. The first kappa shape index (κ1) is 17.6. The van der Waals surface area contributed by atoms with E-state index in [4.69, 9.17) is 4.74 Å². The van der Waals surface area contributed by atoms with E-state index in [1.807, 2.05) is 62.5 Å². The number of amides is 1. The van der Waals surface area contributed by atoms with Crippen LogP contribution in [0, 0.1) is 0 Å². The summed E-state index contributed by atoms with van der Waals surface area (Å²) >= 11 is 0. The van der Waals surface area contributed by atoms with Crippen molar-refractivity contribution in [2.75, 3.05) is 13.1 Å². The molecule has 1 N–H and O–H groups in total. The minimum Gasteiger partial charge on any atom is -0.372 e. The van der Waals surface area contributed by atoms with Gasteiger partial charge in [-0.05, 0) is 31.5 Å². The molecule has 1 aromatic heterocycles. The van der Waals surface area contributed by atoms with Crippen molar-refractivity contribution in [3.8, 4) is 0 Å². The zero-order valence-electron chi connectivity index (χ0n) is 15.1. The lowest BCUT2D eigenvalue weighted by molar-refractivity contribution is -0.0586. The Morgan fingerprint density at radius 3 is 2.40 bits per heavy atom. The predicted molar refractivity (Wildman–Crippen MR) is 96.1 cm³/mol. The van der Waals surface area contributed by atoms with E-state index in [1.165, 1.54) is 0 Å². The first-order valence-electron chi connectivity index (χ1n) is 8.73. The number of hydrogen-bond acceptors (Lipinski definition) is 4. The summed E-state index contributed by atoms with van der Waals surface area (Å²) in [6.07, 6.45) is 4.03. The summed E-state index contributed by atoms with van der Waals surface area (Å²) in [4.78, 5) is 14.5. The molecule has 0 spiro atoms. The first-order chi connectivity index (χ1) is 12.0. The molecule has 6 nitrogen and oxygen atoms in total. The molecule has 2 atom stereocenters. The average Bonchev–Trinajstić information content (AvgIpc) is 2.99. The lowest BCUT2D eigenvalue weighted by Gasteiger charge is -2.35. The summed E-state index contributed by atoms with van der Waals surface area (Å²) < 4.78 is 7.49. The topological polar surface area (TPSA) is 59.4 Å². The number of nitrogens with zero attached hydrogens (tertiary/aromatic N) is 3. The van der Waals surface area contributed by atoms with Crippen LogP contribution >= 0.6 is 0 Å². The molecule has 3 rings (SSSR count). The van der Waals surface area contributed by atoms with Crippen molar-refractivity contribution in [1.29, 1.82) is 0 Å². The molecule has 2 heterocycles. The van der Waals surface area contributed by atoms with Gasteiger partial charge in [0.05, 0.1) is 18.4 Å². The van der Waals surface area contributed by atoms with Gasteiger partial charge in [0, 0.05) is 50.6 Å². The van der Waals surface area contributed by atoms with Crippen molar-refractivity contribution in [3.05, 3.63) is 53.3 Å². The zero-order chi connectivity index (χ0) is 17.8. The summed E-state index contributed by atoms with van der Waals surface area (Å²) in [7, 11) is 1.91. The number of aromatic nitrogens is 2. The molecule has 1 saturated heterocycles. The van der Waals surface area contributed by atoms with Crippen LogP contribution in [0.3, 0.4) is 0 Å². The fourth-order valence-corrected chi connectivity index (χ4v) is 3.21. The Labute approximate surface area is 148 Å². The molecule has 134 valence electrons. The van der Waals surface area contributed by atoms with E-state index in [9.17, 15) is 4.79 Å². The Morgan fingerprint density at radius 2 is 1.80 bits per heavy atom. The number of morpholine rings is 1. The van der Waals surface area contributed by atoms with Gasteiger partial charge < -0.3 is 15.0 Å². The number of hydrogen-bond donors (Lipinski definition) is 1. The normalized spacial score (nSPS) is 20.7. The second kappa shape index (κ2) is 7.80. The smallest absolute Gasteiger partial charge is 0.254 e. The van der Waals surface area contributed by atoms with Crippen molar-refractivity contribution in [2.24, 2.45) is 7.05 Å². The third kappa shape index (κ3) is 4.67. The van der Waals surface area contributed by atoms with Gasteiger partial charge in [-0.3, -0.25) is 9.48 Å². The number of nitrogens with one attached hydrogen (secondary N) is 1. The molecule has 1 amide bonds. The second-order valence-electron chi connectivity index (χ2n) is 6.79. The van der Waals surface area contributed by atoms with Crippen molar-refractivity contribution in [1.82, 2.24) is 20.0 Å². The van der Waals surface area contributed by atoms with Gasteiger partial charge in [-0.25, -0.2) is 0 Å². The largest absolute Gasteiger partial charge is 0.372 e. The highest BCUT2D eigenvalue weighted by Crippen LogP contribution is 2.15. The standard InChI is InChI=1S/C19H26N4O2/c1-14-11-23(12-15(2)25-14)19(24)18-6-4-16(5-7-18)8-20-9-17-10-21-22(3)13-17/h4-7,10,13-15,20H,8-9,11-12H2,1-3H3/t14-,15+. The van der Waals surface area contributed by atoms with Gasteiger partial charge in [0.2, 0.25) is 0 Å². The summed E-state index contributed by atoms with van der Waals surface area (Å²) in [5.41, 5.74) is 3.05. The molecular weight excluding hydrogens is 316 g/mol. The van der Waals surface area contributed by atoms with Crippen molar-refractivity contribution < 1.29 is 9.53 Å². The van der Waals surface area contributed by atoms with Crippen LogP contribution in [0.25, 0.3) is 0 Å². The van der Waals surface area contributed by atoms with Gasteiger partial charge >= 0.3 is 0 Å². The zero-order valence-corrected chi connectivity index (χ0v) is 15.1. The lowest BCUT2D eigenvalue weighted by atomic mass is 10.1. The molecule has 1 aromatic carbocycles. The van der Waals surface area contributed by atoms with Crippen LogP contribution in [0.5, 0.6) is 0 Å². The molecule has 0 saturated carbocycles. The second-order valence-corrected chi connectivity index (χ2v) is 6.79. The highest BCUT2D eigenvalue weighted by molar-refractivity contribution is 5.94. The van der Waals surface area contributed by atoms with Crippen molar-refractivity contribution in [3.63, 3.8) is 0 Å². The van der Waals surface area contributed by atoms with E-state index in [1.54, 1.807) is 4.68 Å². The van der Waals surface area contributed by atoms with Crippen LogP contribution in [-0.4, -0.2) is 45.9 Å². The van der Waals surface area contributed by atoms with Gasteiger partial charge in [0.15, 0.2) is 0 Å². The molecule has 6 heteroatoms. The highest BCUT2D eigenvalue weighted by Gasteiger charge is 2.26. The monoisotopic (exact) mass is 342 g/mol. The Kier molecular flexibility index (Phi) is 5.50. The first-order valence-corrected chi connectivity index (χ1v) is 8.73. The van der Waals surface area contributed by atoms with Crippen LogP contribution in [0.1, 0.15) is 35.3 Å². The van der Waals surface area contributed by atoms with Gasteiger partial charge in [-0.2, -0.15) is 5.10 Å². The highest BCUT2D eigenvalue weighted by atomic mass is 16.5. The summed E-state index contributed by atoms with van der Waals surface area (Å²) in [6.45, 7) is 6.85. The Hall–Kier alpha value is -2.18. The van der Waals surface area contributed by atoms with E-state index < -0.39 is 0 Å².